The number of piperidine rings is 1. The van der Waals surface area contributed by atoms with Crippen molar-refractivity contribution in [2.45, 2.75) is 134 Å². The number of aliphatic hydroxyl groups is 3. The Morgan fingerprint density at radius 2 is 1.90 bits per heavy atom. The molecular formula is C33H59N3O3. The highest BCUT2D eigenvalue weighted by atomic mass is 16.3. The molecule has 1 aliphatic heterocycles. The fourth-order valence-electron chi connectivity index (χ4n) is 12.4. The van der Waals surface area contributed by atoms with Gasteiger partial charge in [0.05, 0.1) is 18.3 Å². The van der Waals surface area contributed by atoms with E-state index in [1.807, 2.05) is 7.05 Å². The Morgan fingerprint density at radius 1 is 1.08 bits per heavy atom. The second-order valence-electron chi connectivity index (χ2n) is 16.0. The molecule has 0 aromatic heterocycles. The van der Waals surface area contributed by atoms with Gasteiger partial charge in [0.15, 0.2) is 0 Å². The Labute approximate surface area is 237 Å². The van der Waals surface area contributed by atoms with E-state index in [1.165, 1.54) is 38.5 Å². The first-order chi connectivity index (χ1) is 18.6. The number of nitrogens with one attached hydrogen (secondary N) is 3. The second kappa shape index (κ2) is 10.5. The Hall–Kier alpha value is -0.240. The van der Waals surface area contributed by atoms with Crippen LogP contribution in [0.3, 0.4) is 0 Å². The zero-order valence-corrected chi connectivity index (χ0v) is 25.4. The van der Waals surface area contributed by atoms with E-state index in [1.54, 1.807) is 0 Å². The lowest BCUT2D eigenvalue weighted by Gasteiger charge is -2.75. The summed E-state index contributed by atoms with van der Waals surface area (Å²) in [6.45, 7) is 5.88. The van der Waals surface area contributed by atoms with Gasteiger partial charge in [-0.2, -0.15) is 0 Å². The van der Waals surface area contributed by atoms with Gasteiger partial charge in [-0.05, 0) is 125 Å². The molecule has 13 atom stereocenters. The van der Waals surface area contributed by atoms with Gasteiger partial charge in [-0.3, -0.25) is 0 Å². The van der Waals surface area contributed by atoms with Crippen molar-refractivity contribution >= 4 is 0 Å². The molecule has 5 saturated carbocycles. The highest BCUT2D eigenvalue weighted by Crippen LogP contribution is 2.82. The number of likely N-dealkylation sites (N-methyl/N-ethyl adjacent to an activating group) is 2. The molecule has 0 aromatic carbocycles. The highest BCUT2D eigenvalue weighted by molar-refractivity contribution is 5.29. The summed E-state index contributed by atoms with van der Waals surface area (Å²) in [4.78, 5) is 0. The molecule has 6 fully saturated rings. The van der Waals surface area contributed by atoms with Crippen molar-refractivity contribution in [3.8, 4) is 0 Å². The summed E-state index contributed by atoms with van der Waals surface area (Å²) >= 11 is 0. The number of aliphatic hydroxyl groups excluding tert-OH is 2. The van der Waals surface area contributed by atoms with E-state index in [4.69, 9.17) is 0 Å². The molecule has 39 heavy (non-hydrogen) atoms. The molecule has 5 aliphatic carbocycles. The summed E-state index contributed by atoms with van der Waals surface area (Å²) in [5.41, 5.74) is -0.405. The van der Waals surface area contributed by atoms with Gasteiger partial charge in [0.25, 0.3) is 0 Å². The molecule has 13 unspecified atom stereocenters. The van der Waals surface area contributed by atoms with E-state index >= 15 is 0 Å². The van der Waals surface area contributed by atoms with Crippen LogP contribution in [0.25, 0.3) is 0 Å². The zero-order valence-electron chi connectivity index (χ0n) is 25.4. The Morgan fingerprint density at radius 3 is 2.64 bits per heavy atom. The van der Waals surface area contributed by atoms with Crippen molar-refractivity contribution in [2.24, 2.45) is 45.8 Å². The molecule has 0 radical (unpaired) electrons. The molecule has 6 nitrogen and oxygen atoms in total. The molecule has 0 aromatic rings. The third-order valence-electron chi connectivity index (χ3n) is 14.0. The van der Waals surface area contributed by atoms with Crippen LogP contribution in [0.5, 0.6) is 0 Å². The number of hydrogen-bond acceptors (Lipinski definition) is 6. The third-order valence-corrected chi connectivity index (χ3v) is 14.0. The minimum Gasteiger partial charge on any atom is -0.395 e. The van der Waals surface area contributed by atoms with Crippen LogP contribution in [0.4, 0.5) is 0 Å². The van der Waals surface area contributed by atoms with Gasteiger partial charge in [0, 0.05) is 30.1 Å². The van der Waals surface area contributed by atoms with Crippen molar-refractivity contribution in [2.75, 3.05) is 27.2 Å². The first-order valence-corrected chi connectivity index (χ1v) is 16.7. The molecule has 0 amide bonds. The maximum Gasteiger partial charge on any atom is 0.0687 e. The summed E-state index contributed by atoms with van der Waals surface area (Å²) in [5, 5.41) is 45.3. The van der Waals surface area contributed by atoms with Crippen LogP contribution < -0.4 is 16.0 Å². The first-order valence-electron chi connectivity index (χ1n) is 16.7. The number of fused-ring (bicyclic) bond motifs is 5. The average Bonchev–Trinajstić information content (AvgIpc) is 3.27. The Balaban J connectivity index is 1.29. The van der Waals surface area contributed by atoms with E-state index in [-0.39, 0.29) is 40.9 Å². The fraction of sp³-hybridized carbons (Fsp3) is 1.00. The Kier molecular flexibility index (Phi) is 7.76. The van der Waals surface area contributed by atoms with E-state index in [0.29, 0.717) is 35.8 Å². The molecule has 6 aliphatic rings. The lowest BCUT2D eigenvalue weighted by atomic mass is 9.31. The van der Waals surface area contributed by atoms with Crippen LogP contribution in [-0.2, 0) is 0 Å². The molecule has 2 bridgehead atoms. The normalized spacial score (nSPS) is 51.9. The van der Waals surface area contributed by atoms with Crippen molar-refractivity contribution in [1.29, 1.82) is 0 Å². The van der Waals surface area contributed by atoms with Gasteiger partial charge in [-0.25, -0.2) is 0 Å². The quantitative estimate of drug-likeness (QED) is 0.264. The van der Waals surface area contributed by atoms with Gasteiger partial charge in [0.2, 0.25) is 0 Å². The van der Waals surface area contributed by atoms with Crippen molar-refractivity contribution < 1.29 is 15.3 Å². The van der Waals surface area contributed by atoms with Crippen LogP contribution in [0.15, 0.2) is 0 Å². The summed E-state index contributed by atoms with van der Waals surface area (Å²) in [5.74, 6) is 2.72. The van der Waals surface area contributed by atoms with Crippen LogP contribution in [0.2, 0.25) is 0 Å². The van der Waals surface area contributed by atoms with Crippen molar-refractivity contribution in [3.63, 3.8) is 0 Å². The first kappa shape index (κ1) is 28.9. The van der Waals surface area contributed by atoms with E-state index in [0.717, 1.165) is 57.9 Å². The van der Waals surface area contributed by atoms with Gasteiger partial charge >= 0.3 is 0 Å². The van der Waals surface area contributed by atoms with Crippen LogP contribution in [0, 0.1) is 45.8 Å². The maximum atomic E-state index is 12.3. The predicted molar refractivity (Wildman–Crippen MR) is 156 cm³/mol. The molecule has 6 rings (SSSR count). The molecule has 1 heterocycles. The number of hydrogen-bond donors (Lipinski definition) is 6. The van der Waals surface area contributed by atoms with Crippen LogP contribution in [-0.4, -0.2) is 72.4 Å². The van der Waals surface area contributed by atoms with Gasteiger partial charge < -0.3 is 31.3 Å². The van der Waals surface area contributed by atoms with Gasteiger partial charge in [-0.1, -0.05) is 33.1 Å². The van der Waals surface area contributed by atoms with Gasteiger partial charge in [0.1, 0.15) is 0 Å². The lowest BCUT2D eigenvalue weighted by Crippen LogP contribution is -2.76. The molecule has 2 spiro atoms. The van der Waals surface area contributed by atoms with E-state index < -0.39 is 5.60 Å². The Bertz CT molecular complexity index is 884. The molecular weight excluding hydrogens is 486 g/mol. The predicted octanol–water partition coefficient (Wildman–Crippen LogP) is 3.83. The van der Waals surface area contributed by atoms with Crippen molar-refractivity contribution in [1.82, 2.24) is 16.0 Å². The lowest BCUT2D eigenvalue weighted by molar-refractivity contribution is -0.305. The highest BCUT2D eigenvalue weighted by Gasteiger charge is 2.80. The monoisotopic (exact) mass is 545 g/mol. The molecule has 1 saturated heterocycles. The molecule has 6 heteroatoms. The fourth-order valence-corrected chi connectivity index (χ4v) is 12.4. The minimum absolute atomic E-state index is 0.0828. The molecule has 224 valence electrons. The number of rotatable bonds is 9. The van der Waals surface area contributed by atoms with E-state index in [9.17, 15) is 15.3 Å². The summed E-state index contributed by atoms with van der Waals surface area (Å²) in [6, 6.07) is 1.30. The topological polar surface area (TPSA) is 96.8 Å². The summed E-state index contributed by atoms with van der Waals surface area (Å²) < 4.78 is 0. The van der Waals surface area contributed by atoms with Crippen LogP contribution in [0.1, 0.15) is 104 Å². The van der Waals surface area contributed by atoms with Crippen molar-refractivity contribution in [3.05, 3.63) is 0 Å². The van der Waals surface area contributed by atoms with Gasteiger partial charge in [-0.15, -0.1) is 0 Å². The van der Waals surface area contributed by atoms with E-state index in [2.05, 4.69) is 36.8 Å². The SMILES string of the molecule is CNCC1CCC2CC34C(O)CC5(C)CCCC(O)(C5)C3CC43CC(CCCC(C)C(CO)NC)CC3C2N1. The zero-order chi connectivity index (χ0) is 27.6. The largest absolute Gasteiger partial charge is 0.395 e. The second-order valence-corrected chi connectivity index (χ2v) is 16.0. The van der Waals surface area contributed by atoms with Crippen LogP contribution >= 0.6 is 0 Å². The molecule has 6 N–H and O–H groups in total. The summed E-state index contributed by atoms with van der Waals surface area (Å²) in [7, 11) is 4.03. The maximum absolute atomic E-state index is 12.3. The third kappa shape index (κ3) is 4.40. The standard InChI is InChI=1S/C33H59N3O3/c1-21(26(19-37)35-4)7-5-8-22-13-25-29-23(9-10-24(36-29)18-34-3)15-33-27(16-31(25,33)14-22)32(39)12-6-11-30(2,20-32)17-28(33)38/h21-29,34-39H,5-20H2,1-4H3. The smallest absolute Gasteiger partial charge is 0.0687 e. The minimum atomic E-state index is -0.580. The average molecular weight is 546 g/mol. The summed E-state index contributed by atoms with van der Waals surface area (Å²) in [6.07, 6.45) is 15.7.